The number of esters is 1. The van der Waals surface area contributed by atoms with Crippen molar-refractivity contribution in [2.45, 2.75) is 52.1 Å². The van der Waals surface area contributed by atoms with Gasteiger partial charge in [-0.15, -0.1) is 0 Å². The van der Waals surface area contributed by atoms with Gasteiger partial charge in [0.1, 0.15) is 5.54 Å². The molecule has 102 valence electrons. The second-order valence-electron chi connectivity index (χ2n) is 5.48. The molecule has 0 aliphatic carbocycles. The molecule has 2 unspecified atom stereocenters. The largest absolute Gasteiger partial charge is 0.468 e. The Morgan fingerprint density at radius 1 is 1.41 bits per heavy atom. The molecule has 0 fully saturated rings. The first-order chi connectivity index (χ1) is 7.72. The first-order valence-corrected chi connectivity index (χ1v) is 6.30. The van der Waals surface area contributed by atoms with Crippen LogP contribution in [0.1, 0.15) is 40.5 Å². The van der Waals surface area contributed by atoms with E-state index in [0.29, 0.717) is 18.4 Å². The van der Waals surface area contributed by atoms with Gasteiger partial charge in [-0.25, -0.2) is 0 Å². The number of nitrogens with zero attached hydrogens (tertiary/aromatic N) is 1. The minimum absolute atomic E-state index is 0.336. The summed E-state index contributed by atoms with van der Waals surface area (Å²) < 4.78 is 4.68. The van der Waals surface area contributed by atoms with Crippen LogP contribution in [-0.2, 0) is 9.53 Å². The number of methoxy groups -OCH3 is 1. The Bertz CT molecular complexity index is 240. The zero-order chi connectivity index (χ0) is 13.6. The molecule has 0 amide bonds. The molecule has 2 atom stereocenters. The Balaban J connectivity index is 4.03. The van der Waals surface area contributed by atoms with Gasteiger partial charge in [-0.3, -0.25) is 4.79 Å². The van der Waals surface area contributed by atoms with Crippen LogP contribution in [0, 0.1) is 5.92 Å². The van der Waals surface area contributed by atoms with Crippen LogP contribution in [0.5, 0.6) is 0 Å². The molecule has 0 saturated heterocycles. The summed E-state index contributed by atoms with van der Waals surface area (Å²) >= 11 is 0. The normalized spacial score (nSPS) is 17.0. The standard InChI is InChI=1S/C13H28N2O2/c1-10(2)11(3)15(5)9-7-8-13(4,14)12(16)17-6/h10-11H,7-9,14H2,1-6H3. The van der Waals surface area contributed by atoms with Gasteiger partial charge in [0.15, 0.2) is 0 Å². The summed E-state index contributed by atoms with van der Waals surface area (Å²) in [4.78, 5) is 13.7. The van der Waals surface area contributed by atoms with Crippen LogP contribution in [-0.4, -0.2) is 43.2 Å². The quantitative estimate of drug-likeness (QED) is 0.692. The van der Waals surface area contributed by atoms with E-state index in [1.807, 2.05) is 0 Å². The van der Waals surface area contributed by atoms with E-state index in [1.54, 1.807) is 6.92 Å². The molecule has 0 heterocycles. The molecule has 0 radical (unpaired) electrons. The molecule has 4 nitrogen and oxygen atoms in total. The van der Waals surface area contributed by atoms with Crippen LogP contribution >= 0.6 is 0 Å². The lowest BCUT2D eigenvalue weighted by atomic mass is 9.96. The summed E-state index contributed by atoms with van der Waals surface area (Å²) in [6, 6.07) is 0.539. The molecule has 4 heteroatoms. The molecule has 0 spiro atoms. The molecule has 0 saturated carbocycles. The Morgan fingerprint density at radius 2 is 1.94 bits per heavy atom. The van der Waals surface area contributed by atoms with Crippen molar-refractivity contribution in [1.29, 1.82) is 0 Å². The third-order valence-corrected chi connectivity index (χ3v) is 3.52. The summed E-state index contributed by atoms with van der Waals surface area (Å²) in [7, 11) is 3.48. The monoisotopic (exact) mass is 244 g/mol. The van der Waals surface area contributed by atoms with Gasteiger partial charge in [-0.2, -0.15) is 0 Å². The molecule has 0 aliphatic rings. The van der Waals surface area contributed by atoms with E-state index in [0.717, 1.165) is 13.0 Å². The number of ether oxygens (including phenoxy) is 1. The Hall–Kier alpha value is -0.610. The molecular weight excluding hydrogens is 216 g/mol. The van der Waals surface area contributed by atoms with Crippen LogP contribution in [0.3, 0.4) is 0 Å². The van der Waals surface area contributed by atoms with Crippen LogP contribution in [0.15, 0.2) is 0 Å². The van der Waals surface area contributed by atoms with Gasteiger partial charge in [-0.1, -0.05) is 13.8 Å². The van der Waals surface area contributed by atoms with Crippen LogP contribution in [0.2, 0.25) is 0 Å². The SMILES string of the molecule is COC(=O)C(C)(N)CCCN(C)C(C)C(C)C. The van der Waals surface area contributed by atoms with E-state index in [9.17, 15) is 4.79 Å². The predicted molar refractivity (Wildman–Crippen MR) is 70.8 cm³/mol. The van der Waals surface area contributed by atoms with E-state index in [2.05, 4.69) is 37.5 Å². The molecule has 0 aliphatic heterocycles. The molecule has 17 heavy (non-hydrogen) atoms. The number of carbonyl (C=O) groups is 1. The van der Waals surface area contributed by atoms with Gasteiger partial charge >= 0.3 is 5.97 Å². The highest BCUT2D eigenvalue weighted by molar-refractivity contribution is 5.79. The van der Waals surface area contributed by atoms with Crippen molar-refractivity contribution >= 4 is 5.97 Å². The lowest BCUT2D eigenvalue weighted by Crippen LogP contribution is -2.46. The Kier molecular flexibility index (Phi) is 6.72. The molecule has 0 rings (SSSR count). The first kappa shape index (κ1) is 16.4. The van der Waals surface area contributed by atoms with Crippen molar-refractivity contribution in [2.75, 3.05) is 20.7 Å². The lowest BCUT2D eigenvalue weighted by molar-refractivity contribution is -0.146. The maximum Gasteiger partial charge on any atom is 0.325 e. The van der Waals surface area contributed by atoms with Crippen molar-refractivity contribution in [3.05, 3.63) is 0 Å². The fraction of sp³-hybridized carbons (Fsp3) is 0.923. The second kappa shape index (κ2) is 6.97. The summed E-state index contributed by atoms with van der Waals surface area (Å²) in [5, 5.41) is 0. The van der Waals surface area contributed by atoms with Crippen molar-refractivity contribution in [3.8, 4) is 0 Å². The number of hydrogen-bond donors (Lipinski definition) is 1. The topological polar surface area (TPSA) is 55.6 Å². The lowest BCUT2D eigenvalue weighted by Gasteiger charge is -2.29. The summed E-state index contributed by atoms with van der Waals surface area (Å²) in [6.45, 7) is 9.31. The third-order valence-electron chi connectivity index (χ3n) is 3.52. The maximum atomic E-state index is 11.4. The maximum absolute atomic E-state index is 11.4. The third kappa shape index (κ3) is 5.50. The number of hydrogen-bond acceptors (Lipinski definition) is 4. The average Bonchev–Trinajstić information content (AvgIpc) is 2.26. The van der Waals surface area contributed by atoms with E-state index < -0.39 is 5.54 Å². The minimum Gasteiger partial charge on any atom is -0.468 e. The zero-order valence-electron chi connectivity index (χ0n) is 12.1. The summed E-state index contributed by atoms with van der Waals surface area (Å²) in [5.74, 6) is 0.293. The first-order valence-electron chi connectivity index (χ1n) is 6.30. The van der Waals surface area contributed by atoms with Crippen molar-refractivity contribution in [3.63, 3.8) is 0 Å². The van der Waals surface area contributed by atoms with Crippen molar-refractivity contribution < 1.29 is 9.53 Å². The van der Waals surface area contributed by atoms with Gasteiger partial charge in [-0.05, 0) is 46.2 Å². The van der Waals surface area contributed by atoms with Crippen LogP contribution in [0.4, 0.5) is 0 Å². The molecule has 2 N–H and O–H groups in total. The minimum atomic E-state index is -0.864. The number of carbonyl (C=O) groups excluding carboxylic acids is 1. The van der Waals surface area contributed by atoms with Crippen LogP contribution < -0.4 is 5.73 Å². The highest BCUT2D eigenvalue weighted by atomic mass is 16.5. The fourth-order valence-electron chi connectivity index (χ4n) is 1.74. The Labute approximate surface area is 105 Å². The van der Waals surface area contributed by atoms with Crippen molar-refractivity contribution in [2.24, 2.45) is 11.7 Å². The number of rotatable bonds is 7. The average molecular weight is 244 g/mol. The number of nitrogens with two attached hydrogens (primary N) is 1. The molecule has 0 aromatic rings. The highest BCUT2D eigenvalue weighted by Crippen LogP contribution is 2.13. The van der Waals surface area contributed by atoms with Crippen LogP contribution in [0.25, 0.3) is 0 Å². The van der Waals surface area contributed by atoms with Gasteiger partial charge in [0.25, 0.3) is 0 Å². The van der Waals surface area contributed by atoms with E-state index in [4.69, 9.17) is 5.73 Å². The molecule has 0 aromatic heterocycles. The Morgan fingerprint density at radius 3 is 2.35 bits per heavy atom. The van der Waals surface area contributed by atoms with Gasteiger partial charge in [0.05, 0.1) is 7.11 Å². The van der Waals surface area contributed by atoms with Gasteiger partial charge in [0, 0.05) is 6.04 Å². The molecule has 0 aromatic carbocycles. The second-order valence-corrected chi connectivity index (χ2v) is 5.48. The summed E-state index contributed by atoms with van der Waals surface area (Å²) in [5.41, 5.74) is 5.04. The van der Waals surface area contributed by atoms with E-state index in [1.165, 1.54) is 7.11 Å². The van der Waals surface area contributed by atoms with Gasteiger partial charge in [0.2, 0.25) is 0 Å². The zero-order valence-corrected chi connectivity index (χ0v) is 12.1. The fourth-order valence-corrected chi connectivity index (χ4v) is 1.74. The van der Waals surface area contributed by atoms with E-state index >= 15 is 0 Å². The van der Waals surface area contributed by atoms with Crippen molar-refractivity contribution in [1.82, 2.24) is 4.90 Å². The molecular formula is C13H28N2O2. The summed E-state index contributed by atoms with van der Waals surface area (Å²) in [6.07, 6.45) is 1.55. The smallest absolute Gasteiger partial charge is 0.325 e. The van der Waals surface area contributed by atoms with E-state index in [-0.39, 0.29) is 5.97 Å². The molecule has 0 bridgehead atoms. The highest BCUT2D eigenvalue weighted by Gasteiger charge is 2.28. The predicted octanol–water partition coefficient (Wildman–Crippen LogP) is 1.63. The van der Waals surface area contributed by atoms with Gasteiger partial charge < -0.3 is 15.4 Å².